The highest BCUT2D eigenvalue weighted by molar-refractivity contribution is 7.12. The number of halogens is 4. The molecule has 2 N–H and O–H groups in total. The third-order valence-corrected chi connectivity index (χ3v) is 7.17. The van der Waals surface area contributed by atoms with Crippen LogP contribution in [0.1, 0.15) is 52.2 Å². The van der Waals surface area contributed by atoms with E-state index < -0.39 is 17.0 Å². The number of rotatable bonds is 6. The minimum atomic E-state index is -4.41. The number of fused-ring (bicyclic) bond motifs is 1. The first kappa shape index (κ1) is 23.6. The summed E-state index contributed by atoms with van der Waals surface area (Å²) in [6, 6.07) is 5.55. The van der Waals surface area contributed by atoms with Crippen LogP contribution in [-0.4, -0.2) is 32.8 Å². The summed E-state index contributed by atoms with van der Waals surface area (Å²) < 4.78 is 40.4. The molecule has 0 spiro atoms. The van der Waals surface area contributed by atoms with E-state index in [9.17, 15) is 22.8 Å². The molecule has 1 amide bonds. The van der Waals surface area contributed by atoms with Crippen molar-refractivity contribution >= 4 is 45.7 Å². The van der Waals surface area contributed by atoms with Gasteiger partial charge in [0.1, 0.15) is 4.88 Å². The van der Waals surface area contributed by atoms with Crippen molar-refractivity contribution in [1.29, 1.82) is 0 Å². The number of hydrogen-bond donors (Lipinski definition) is 2. The summed E-state index contributed by atoms with van der Waals surface area (Å²) in [6.07, 6.45) is 0.0717. The van der Waals surface area contributed by atoms with Crippen molar-refractivity contribution in [3.05, 3.63) is 50.8 Å². The van der Waals surface area contributed by atoms with Gasteiger partial charge in [0, 0.05) is 27.7 Å². The second-order valence-corrected chi connectivity index (χ2v) is 9.85. The van der Waals surface area contributed by atoms with Crippen LogP contribution in [-0.2, 0) is 17.5 Å². The Balaban J connectivity index is 1.54. The Morgan fingerprint density at radius 3 is 2.58 bits per heavy atom. The molecule has 0 atom stereocenters. The van der Waals surface area contributed by atoms with Crippen molar-refractivity contribution in [2.75, 3.05) is 0 Å². The van der Waals surface area contributed by atoms with E-state index in [0.717, 1.165) is 18.9 Å². The molecule has 0 aliphatic heterocycles. The van der Waals surface area contributed by atoms with Crippen LogP contribution in [0.3, 0.4) is 0 Å². The van der Waals surface area contributed by atoms with E-state index in [1.54, 1.807) is 6.07 Å². The molecule has 0 saturated heterocycles. The molecular weight excluding hydrogens is 479 g/mol. The van der Waals surface area contributed by atoms with Crippen molar-refractivity contribution < 1.29 is 27.9 Å². The molecule has 1 aromatic carbocycles. The van der Waals surface area contributed by atoms with Crippen LogP contribution in [0.2, 0.25) is 5.02 Å². The zero-order valence-electron chi connectivity index (χ0n) is 17.4. The first-order chi connectivity index (χ1) is 15.6. The largest absolute Gasteiger partial charge is 0.481 e. The maximum Gasteiger partial charge on any atom is 0.425 e. The maximum atomic E-state index is 13.1. The van der Waals surface area contributed by atoms with Gasteiger partial charge >= 0.3 is 12.1 Å². The number of carboxylic acid groups (broad SMARTS) is 1. The highest BCUT2D eigenvalue weighted by Crippen LogP contribution is 2.35. The van der Waals surface area contributed by atoms with Gasteiger partial charge in [0.25, 0.3) is 5.91 Å². The Morgan fingerprint density at radius 1 is 1.21 bits per heavy atom. The van der Waals surface area contributed by atoms with Crippen LogP contribution >= 0.6 is 22.9 Å². The van der Waals surface area contributed by atoms with Crippen molar-refractivity contribution in [1.82, 2.24) is 15.1 Å². The van der Waals surface area contributed by atoms with Gasteiger partial charge in [0.05, 0.1) is 23.8 Å². The van der Waals surface area contributed by atoms with Crippen LogP contribution in [0.15, 0.2) is 30.5 Å². The van der Waals surface area contributed by atoms with Crippen LogP contribution in [0.5, 0.6) is 0 Å². The standard InChI is InChI=1S/C22H21ClF3N3O3S/c23-14-8-13-10-27-29(11-16-5-6-18(33-16)22(24,25)26)20(13)17(9-14)21(32)28-15-3-1-12(2-4-15)7-19(30)31/h5-6,8-10,12,15H,1-4,7,11H2,(H,28,32)(H,30,31). The van der Waals surface area contributed by atoms with Crippen LogP contribution < -0.4 is 5.32 Å². The number of benzene rings is 1. The van der Waals surface area contributed by atoms with Gasteiger partial charge in [-0.25, -0.2) is 0 Å². The third kappa shape index (κ3) is 5.50. The Bertz CT molecular complexity index is 1180. The zero-order chi connectivity index (χ0) is 23.8. The molecule has 0 unspecified atom stereocenters. The second kappa shape index (κ2) is 9.34. The number of aliphatic carboxylic acids is 1. The van der Waals surface area contributed by atoms with E-state index in [0.29, 0.717) is 50.5 Å². The molecule has 4 rings (SSSR count). The summed E-state index contributed by atoms with van der Waals surface area (Å²) in [5, 5.41) is 17.2. The Labute approximate surface area is 196 Å². The van der Waals surface area contributed by atoms with Gasteiger partial charge in [-0.3, -0.25) is 14.3 Å². The first-order valence-corrected chi connectivity index (χ1v) is 11.6. The molecule has 1 fully saturated rings. The van der Waals surface area contributed by atoms with Crippen LogP contribution in [0.25, 0.3) is 10.9 Å². The smallest absolute Gasteiger partial charge is 0.425 e. The normalized spacial score (nSPS) is 19.0. The Kier molecular flexibility index (Phi) is 6.67. The number of carboxylic acids is 1. The van der Waals surface area contributed by atoms with Gasteiger partial charge in [0.15, 0.2) is 0 Å². The van der Waals surface area contributed by atoms with Crippen molar-refractivity contribution in [2.24, 2.45) is 5.92 Å². The number of thiophene rings is 1. The number of aromatic nitrogens is 2. The topological polar surface area (TPSA) is 84.2 Å². The summed E-state index contributed by atoms with van der Waals surface area (Å²) in [5.74, 6) is -1.04. The maximum absolute atomic E-state index is 13.1. The summed E-state index contributed by atoms with van der Waals surface area (Å²) in [7, 11) is 0. The molecule has 2 aromatic heterocycles. The molecule has 11 heteroatoms. The summed E-state index contributed by atoms with van der Waals surface area (Å²) in [6.45, 7) is 0.0897. The lowest BCUT2D eigenvalue weighted by Crippen LogP contribution is -2.38. The van der Waals surface area contributed by atoms with Gasteiger partial charge in [-0.2, -0.15) is 18.3 Å². The fourth-order valence-electron chi connectivity index (χ4n) is 4.27. The van der Waals surface area contributed by atoms with Crippen LogP contribution in [0, 0.1) is 5.92 Å². The third-order valence-electron chi connectivity index (χ3n) is 5.84. The van der Waals surface area contributed by atoms with E-state index in [4.69, 9.17) is 16.7 Å². The SMILES string of the molecule is O=C(O)CC1CCC(NC(=O)c2cc(Cl)cc3cnn(Cc4ccc(C(F)(F)F)s4)c23)CC1. The molecule has 0 radical (unpaired) electrons. The lowest BCUT2D eigenvalue weighted by molar-refractivity contribution is -0.138. The van der Waals surface area contributed by atoms with Gasteiger partial charge in [0.2, 0.25) is 0 Å². The van der Waals surface area contributed by atoms with E-state index in [-0.39, 0.29) is 30.8 Å². The molecular formula is C22H21ClF3N3O3S. The lowest BCUT2D eigenvalue weighted by Gasteiger charge is -2.28. The highest BCUT2D eigenvalue weighted by atomic mass is 35.5. The molecule has 1 aliphatic carbocycles. The molecule has 3 aromatic rings. The number of nitrogens with zero attached hydrogens (tertiary/aromatic N) is 2. The number of alkyl halides is 3. The Morgan fingerprint density at radius 2 is 1.94 bits per heavy atom. The molecule has 1 aliphatic rings. The zero-order valence-corrected chi connectivity index (χ0v) is 18.9. The minimum Gasteiger partial charge on any atom is -0.481 e. The minimum absolute atomic E-state index is 0.0837. The molecule has 2 heterocycles. The van der Waals surface area contributed by atoms with Crippen molar-refractivity contribution in [3.63, 3.8) is 0 Å². The number of carbonyl (C=O) groups excluding carboxylic acids is 1. The molecule has 1 saturated carbocycles. The number of hydrogen-bond acceptors (Lipinski definition) is 4. The summed E-state index contributed by atoms with van der Waals surface area (Å²) in [5.41, 5.74) is 0.800. The average Bonchev–Trinajstić information content (AvgIpc) is 3.36. The van der Waals surface area contributed by atoms with Crippen molar-refractivity contribution in [2.45, 2.75) is 50.9 Å². The van der Waals surface area contributed by atoms with E-state index in [1.165, 1.54) is 23.0 Å². The number of amides is 1. The fourth-order valence-corrected chi connectivity index (χ4v) is 5.36. The average molecular weight is 500 g/mol. The highest BCUT2D eigenvalue weighted by Gasteiger charge is 2.32. The summed E-state index contributed by atoms with van der Waals surface area (Å²) in [4.78, 5) is 23.8. The van der Waals surface area contributed by atoms with E-state index in [1.807, 2.05) is 0 Å². The number of nitrogens with one attached hydrogen (secondary N) is 1. The monoisotopic (exact) mass is 499 g/mol. The fraction of sp³-hybridized carbons (Fsp3) is 0.409. The van der Waals surface area contributed by atoms with Gasteiger partial charge in [-0.1, -0.05) is 11.6 Å². The first-order valence-electron chi connectivity index (χ1n) is 10.4. The quantitative estimate of drug-likeness (QED) is 0.463. The molecule has 6 nitrogen and oxygen atoms in total. The lowest BCUT2D eigenvalue weighted by atomic mass is 9.84. The van der Waals surface area contributed by atoms with E-state index >= 15 is 0 Å². The number of carbonyl (C=O) groups is 2. The van der Waals surface area contributed by atoms with Gasteiger partial charge in [-0.15, -0.1) is 11.3 Å². The van der Waals surface area contributed by atoms with E-state index in [2.05, 4.69) is 10.4 Å². The Hall–Kier alpha value is -2.59. The molecule has 176 valence electrons. The molecule has 33 heavy (non-hydrogen) atoms. The van der Waals surface area contributed by atoms with Crippen molar-refractivity contribution in [3.8, 4) is 0 Å². The second-order valence-electron chi connectivity index (χ2n) is 8.25. The predicted octanol–water partition coefficient (Wildman–Crippen LogP) is 5.58. The molecule has 0 bridgehead atoms. The predicted molar refractivity (Wildman–Crippen MR) is 119 cm³/mol. The van der Waals surface area contributed by atoms with Gasteiger partial charge < -0.3 is 10.4 Å². The van der Waals surface area contributed by atoms with Crippen LogP contribution in [0.4, 0.5) is 13.2 Å². The summed E-state index contributed by atoms with van der Waals surface area (Å²) >= 11 is 6.85. The van der Waals surface area contributed by atoms with Gasteiger partial charge in [-0.05, 0) is 55.9 Å².